The van der Waals surface area contributed by atoms with Crippen LogP contribution < -0.4 is 4.72 Å². The average Bonchev–Trinajstić information content (AvgIpc) is 3.14. The molecule has 0 saturated heterocycles. The van der Waals surface area contributed by atoms with E-state index in [0.717, 1.165) is 53.7 Å². The molecule has 0 spiro atoms. The van der Waals surface area contributed by atoms with Gasteiger partial charge in [0.05, 0.1) is 23.3 Å². The number of aryl methyl sites for hydroxylation is 1. The fourth-order valence-electron chi connectivity index (χ4n) is 3.93. The molecule has 0 atom stereocenters. The van der Waals surface area contributed by atoms with Gasteiger partial charge in [0.15, 0.2) is 0 Å². The number of amides is 1. The first-order valence-electron chi connectivity index (χ1n) is 12.5. The van der Waals surface area contributed by atoms with E-state index in [-0.39, 0.29) is 11.3 Å². The van der Waals surface area contributed by atoms with Crippen molar-refractivity contribution in [2.45, 2.75) is 72.3 Å². The van der Waals surface area contributed by atoms with E-state index in [1.165, 1.54) is 12.8 Å². The van der Waals surface area contributed by atoms with Crippen LogP contribution in [0.4, 0.5) is 0 Å². The van der Waals surface area contributed by atoms with Crippen LogP contribution in [0.1, 0.15) is 86.1 Å². The molecule has 3 aromatic rings. The Balaban J connectivity index is 1.79. The van der Waals surface area contributed by atoms with Gasteiger partial charge in [0, 0.05) is 22.6 Å². The third kappa shape index (κ3) is 7.59. The highest BCUT2D eigenvalue weighted by Gasteiger charge is 2.18. The minimum atomic E-state index is -3.68. The fraction of sp³-hybridized carbons (Fsp3) is 0.429. The maximum absolute atomic E-state index is 12.7. The molecule has 36 heavy (non-hydrogen) atoms. The van der Waals surface area contributed by atoms with Crippen LogP contribution in [-0.4, -0.2) is 29.6 Å². The molecule has 8 heteroatoms. The quantitative estimate of drug-likeness (QED) is 0.237. The van der Waals surface area contributed by atoms with E-state index in [2.05, 4.69) is 28.5 Å². The van der Waals surface area contributed by atoms with Crippen LogP contribution in [0, 0.1) is 18.8 Å². The van der Waals surface area contributed by atoms with Gasteiger partial charge in [0.1, 0.15) is 5.82 Å². The highest BCUT2D eigenvalue weighted by atomic mass is 35.5. The summed E-state index contributed by atoms with van der Waals surface area (Å²) >= 11 is 6.59. The standard InChI is InChI=1S/C28H34ClN3O3S/c1-4-6-8-9-10-12-22-13-14-24(25(29)18-22)20-32-21(3)30-26-16-15-23(19-27(26)32)28(33)31-36(34,35)17-11-7-5-2/h13-16,18-19H,4-9,11,17,20H2,1-3H3,(H,31,33). The van der Waals surface area contributed by atoms with Gasteiger partial charge in [-0.15, -0.1) is 0 Å². The first-order chi connectivity index (χ1) is 17.2. The zero-order valence-corrected chi connectivity index (χ0v) is 22.8. The largest absolute Gasteiger partial charge is 0.324 e. The van der Waals surface area contributed by atoms with Crippen LogP contribution in [0.2, 0.25) is 5.02 Å². The van der Waals surface area contributed by atoms with Gasteiger partial charge in [-0.2, -0.15) is 0 Å². The average molecular weight is 528 g/mol. The molecule has 0 aliphatic carbocycles. The molecule has 0 aliphatic rings. The number of nitrogens with zero attached hydrogens (tertiary/aromatic N) is 2. The summed E-state index contributed by atoms with van der Waals surface area (Å²) in [5.41, 5.74) is 3.51. The maximum Gasteiger partial charge on any atom is 0.264 e. The van der Waals surface area contributed by atoms with E-state index >= 15 is 0 Å². The molecule has 0 fully saturated rings. The number of unbranched alkanes of at least 4 members (excludes halogenated alkanes) is 5. The summed E-state index contributed by atoms with van der Waals surface area (Å²) in [6.07, 6.45) is 6.57. The van der Waals surface area contributed by atoms with Crippen LogP contribution >= 0.6 is 11.6 Å². The minimum Gasteiger partial charge on any atom is -0.324 e. The number of benzene rings is 2. The van der Waals surface area contributed by atoms with Gasteiger partial charge in [0.2, 0.25) is 10.0 Å². The van der Waals surface area contributed by atoms with Gasteiger partial charge in [-0.1, -0.05) is 69.0 Å². The highest BCUT2D eigenvalue weighted by molar-refractivity contribution is 7.90. The predicted octanol–water partition coefficient (Wildman–Crippen LogP) is 6.23. The summed E-state index contributed by atoms with van der Waals surface area (Å²) in [4.78, 5) is 17.3. The summed E-state index contributed by atoms with van der Waals surface area (Å²) in [7, 11) is -3.68. The van der Waals surface area contributed by atoms with Crippen molar-refractivity contribution < 1.29 is 13.2 Å². The van der Waals surface area contributed by atoms with Crippen molar-refractivity contribution in [2.75, 3.05) is 5.75 Å². The van der Waals surface area contributed by atoms with E-state index < -0.39 is 15.9 Å². The number of carbonyl (C=O) groups is 1. The Labute approximate surface area is 219 Å². The lowest BCUT2D eigenvalue weighted by Crippen LogP contribution is -2.32. The van der Waals surface area contributed by atoms with E-state index in [1.54, 1.807) is 18.2 Å². The minimum absolute atomic E-state index is 0.0660. The monoisotopic (exact) mass is 527 g/mol. The number of hydrogen-bond donors (Lipinski definition) is 1. The Kier molecular flexibility index (Phi) is 9.98. The number of nitrogens with one attached hydrogen (secondary N) is 1. The second-order valence-corrected chi connectivity index (χ2v) is 11.2. The topological polar surface area (TPSA) is 81.1 Å². The molecule has 0 aliphatic heterocycles. The number of carbonyl (C=O) groups excluding carboxylic acids is 1. The van der Waals surface area contributed by atoms with Gasteiger partial charge in [-0.3, -0.25) is 4.79 Å². The zero-order chi connectivity index (χ0) is 26.1. The lowest BCUT2D eigenvalue weighted by atomic mass is 10.1. The predicted molar refractivity (Wildman–Crippen MR) is 147 cm³/mol. The number of imidazole rings is 1. The van der Waals surface area contributed by atoms with Crippen LogP contribution in [0.5, 0.6) is 0 Å². The van der Waals surface area contributed by atoms with E-state index in [1.807, 2.05) is 36.6 Å². The Hall–Kier alpha value is -2.82. The summed E-state index contributed by atoms with van der Waals surface area (Å²) in [6.45, 7) is 6.53. The van der Waals surface area contributed by atoms with Crippen LogP contribution in [0.25, 0.3) is 11.0 Å². The highest BCUT2D eigenvalue weighted by Crippen LogP contribution is 2.24. The molecule has 0 radical (unpaired) electrons. The number of hydrogen-bond acceptors (Lipinski definition) is 4. The fourth-order valence-corrected chi connectivity index (χ4v) is 5.26. The SMILES string of the molecule is CCCCCC#Cc1ccc(Cn2c(C)nc3ccc(C(=O)NS(=O)(=O)CCCCC)cc32)c(Cl)c1. The molecule has 0 saturated carbocycles. The first kappa shape index (κ1) is 27.8. The molecule has 1 N–H and O–H groups in total. The van der Waals surface area contributed by atoms with Crippen molar-refractivity contribution in [3.63, 3.8) is 0 Å². The van der Waals surface area contributed by atoms with Crippen LogP contribution in [0.15, 0.2) is 36.4 Å². The number of sulfonamides is 1. The molecule has 2 aromatic carbocycles. The van der Waals surface area contributed by atoms with E-state index in [9.17, 15) is 13.2 Å². The Morgan fingerprint density at radius 1 is 1.06 bits per heavy atom. The number of halogens is 1. The molecular formula is C28H34ClN3O3S. The van der Waals surface area contributed by atoms with Gasteiger partial charge >= 0.3 is 0 Å². The van der Waals surface area contributed by atoms with Crippen molar-refractivity contribution in [2.24, 2.45) is 0 Å². The lowest BCUT2D eigenvalue weighted by Gasteiger charge is -2.10. The van der Waals surface area contributed by atoms with Crippen LogP contribution in [0.3, 0.4) is 0 Å². The molecular weight excluding hydrogens is 494 g/mol. The van der Waals surface area contributed by atoms with Gasteiger partial charge in [-0.25, -0.2) is 18.1 Å². The summed E-state index contributed by atoms with van der Waals surface area (Å²) < 4.78 is 28.7. The van der Waals surface area contributed by atoms with Crippen molar-refractivity contribution in [1.82, 2.24) is 14.3 Å². The van der Waals surface area contributed by atoms with Crippen molar-refractivity contribution in [1.29, 1.82) is 0 Å². The Morgan fingerprint density at radius 3 is 2.53 bits per heavy atom. The third-order valence-electron chi connectivity index (χ3n) is 5.99. The van der Waals surface area contributed by atoms with E-state index in [0.29, 0.717) is 18.0 Å². The third-order valence-corrected chi connectivity index (χ3v) is 7.66. The molecule has 192 valence electrons. The molecule has 1 aromatic heterocycles. The van der Waals surface area contributed by atoms with Gasteiger partial charge < -0.3 is 4.57 Å². The summed E-state index contributed by atoms with van der Waals surface area (Å²) in [6, 6.07) is 10.8. The molecule has 0 unspecified atom stereocenters. The summed E-state index contributed by atoms with van der Waals surface area (Å²) in [5, 5.41) is 0.615. The van der Waals surface area contributed by atoms with Crippen LogP contribution in [-0.2, 0) is 16.6 Å². The number of fused-ring (bicyclic) bond motifs is 1. The second-order valence-electron chi connectivity index (χ2n) is 8.97. The molecule has 6 nitrogen and oxygen atoms in total. The number of rotatable bonds is 11. The smallest absolute Gasteiger partial charge is 0.264 e. The Morgan fingerprint density at radius 2 is 1.81 bits per heavy atom. The lowest BCUT2D eigenvalue weighted by molar-refractivity contribution is 0.0981. The van der Waals surface area contributed by atoms with Crippen molar-refractivity contribution in [3.05, 3.63) is 63.9 Å². The summed E-state index contributed by atoms with van der Waals surface area (Å²) in [5.74, 6) is 6.45. The number of aromatic nitrogens is 2. The molecule has 1 amide bonds. The van der Waals surface area contributed by atoms with Crippen molar-refractivity contribution in [3.8, 4) is 11.8 Å². The van der Waals surface area contributed by atoms with E-state index in [4.69, 9.17) is 11.6 Å². The zero-order valence-electron chi connectivity index (χ0n) is 21.2. The van der Waals surface area contributed by atoms with Crippen molar-refractivity contribution >= 4 is 38.6 Å². The maximum atomic E-state index is 12.7. The molecule has 1 heterocycles. The first-order valence-corrected chi connectivity index (χ1v) is 14.6. The second kappa shape index (κ2) is 12.9. The molecule has 0 bridgehead atoms. The van der Waals surface area contributed by atoms with Gasteiger partial charge in [-0.05, 0) is 55.7 Å². The normalized spacial score (nSPS) is 11.3. The van der Waals surface area contributed by atoms with Gasteiger partial charge in [0.25, 0.3) is 5.91 Å². The Bertz CT molecular complexity index is 1380. The molecule has 3 rings (SSSR count).